The number of rotatable bonds is 7. The van der Waals surface area contributed by atoms with E-state index in [1.165, 1.54) is 13.1 Å². The van der Waals surface area contributed by atoms with Gasteiger partial charge in [-0.25, -0.2) is 0 Å². The zero-order valence-electron chi connectivity index (χ0n) is 16.4. The number of nitro groups is 1. The van der Waals surface area contributed by atoms with E-state index < -0.39 is 4.92 Å². The third-order valence-electron chi connectivity index (χ3n) is 5.32. The number of nitro benzene ring substituents is 1. The summed E-state index contributed by atoms with van der Waals surface area (Å²) in [6, 6.07) is 12.4. The van der Waals surface area contributed by atoms with Crippen LogP contribution in [0.1, 0.15) is 28.8 Å². The standard InChI is InChI=1S/C21H25ClN4O3/c1-23-21(27)16-6-7-19(20(12-16)26(28)29)24-13-15-8-10-25(11-9-15)14-17-4-2-3-5-18(17)22/h2-7,12,15,24H,8-11,13-14H2,1H3,(H,23,27). The number of anilines is 1. The molecular formula is C21H25ClN4O3. The second-order valence-electron chi connectivity index (χ2n) is 7.26. The number of carbonyl (C=O) groups is 1. The second kappa shape index (κ2) is 9.71. The van der Waals surface area contributed by atoms with E-state index in [1.807, 2.05) is 18.2 Å². The molecule has 1 amide bonds. The summed E-state index contributed by atoms with van der Waals surface area (Å²) in [4.78, 5) is 25.0. The number of hydrogen-bond acceptors (Lipinski definition) is 5. The normalized spacial score (nSPS) is 15.1. The van der Waals surface area contributed by atoms with E-state index in [-0.39, 0.29) is 17.2 Å². The summed E-state index contributed by atoms with van der Waals surface area (Å²) in [5.41, 5.74) is 1.78. The van der Waals surface area contributed by atoms with Crippen molar-refractivity contribution < 1.29 is 9.72 Å². The minimum absolute atomic E-state index is 0.0812. The molecule has 2 aromatic carbocycles. The van der Waals surface area contributed by atoms with Crippen LogP contribution in [0.3, 0.4) is 0 Å². The number of likely N-dealkylation sites (tertiary alicyclic amines) is 1. The topological polar surface area (TPSA) is 87.5 Å². The lowest BCUT2D eigenvalue weighted by atomic mass is 9.96. The van der Waals surface area contributed by atoms with E-state index in [2.05, 4.69) is 21.6 Å². The van der Waals surface area contributed by atoms with Crippen LogP contribution < -0.4 is 10.6 Å². The van der Waals surface area contributed by atoms with Gasteiger partial charge in [0.15, 0.2) is 0 Å². The highest BCUT2D eigenvalue weighted by atomic mass is 35.5. The van der Waals surface area contributed by atoms with Crippen LogP contribution >= 0.6 is 11.6 Å². The highest BCUT2D eigenvalue weighted by Crippen LogP contribution is 2.27. The Balaban J connectivity index is 1.54. The molecule has 0 spiro atoms. The van der Waals surface area contributed by atoms with Crippen molar-refractivity contribution in [2.45, 2.75) is 19.4 Å². The van der Waals surface area contributed by atoms with Crippen molar-refractivity contribution in [2.24, 2.45) is 5.92 Å². The summed E-state index contributed by atoms with van der Waals surface area (Å²) < 4.78 is 0. The summed E-state index contributed by atoms with van der Waals surface area (Å²) in [5, 5.41) is 17.9. The van der Waals surface area contributed by atoms with Crippen molar-refractivity contribution in [3.8, 4) is 0 Å². The number of amides is 1. The molecule has 0 aliphatic carbocycles. The largest absolute Gasteiger partial charge is 0.379 e. The summed E-state index contributed by atoms with van der Waals surface area (Å²) in [7, 11) is 1.50. The summed E-state index contributed by atoms with van der Waals surface area (Å²) in [5.74, 6) is 0.0984. The number of nitrogens with one attached hydrogen (secondary N) is 2. The van der Waals surface area contributed by atoms with Crippen molar-refractivity contribution in [1.29, 1.82) is 0 Å². The van der Waals surface area contributed by atoms with Crippen LogP contribution in [0.15, 0.2) is 42.5 Å². The monoisotopic (exact) mass is 416 g/mol. The molecule has 0 saturated carbocycles. The number of nitrogens with zero attached hydrogens (tertiary/aromatic N) is 2. The minimum Gasteiger partial charge on any atom is -0.379 e. The van der Waals surface area contributed by atoms with Crippen molar-refractivity contribution in [2.75, 3.05) is 32.0 Å². The Morgan fingerprint density at radius 3 is 2.62 bits per heavy atom. The number of carbonyl (C=O) groups excluding carboxylic acids is 1. The summed E-state index contributed by atoms with van der Waals surface area (Å²) >= 11 is 6.25. The van der Waals surface area contributed by atoms with E-state index in [1.54, 1.807) is 12.1 Å². The van der Waals surface area contributed by atoms with Crippen LogP contribution in [0.25, 0.3) is 0 Å². The van der Waals surface area contributed by atoms with Crippen LogP contribution in [0.4, 0.5) is 11.4 Å². The molecule has 1 saturated heterocycles. The quantitative estimate of drug-likeness (QED) is 0.527. The SMILES string of the molecule is CNC(=O)c1ccc(NCC2CCN(Cc3ccccc3Cl)CC2)c([N+](=O)[O-])c1. The lowest BCUT2D eigenvalue weighted by Crippen LogP contribution is -2.35. The fourth-order valence-corrected chi connectivity index (χ4v) is 3.78. The maximum Gasteiger partial charge on any atom is 0.293 e. The zero-order chi connectivity index (χ0) is 20.8. The van der Waals surface area contributed by atoms with Gasteiger partial charge in [-0.2, -0.15) is 0 Å². The van der Waals surface area contributed by atoms with Crippen LogP contribution in [0.2, 0.25) is 5.02 Å². The maximum atomic E-state index is 11.7. The smallest absolute Gasteiger partial charge is 0.293 e. The summed E-state index contributed by atoms with van der Waals surface area (Å²) in [6.07, 6.45) is 2.03. The van der Waals surface area contributed by atoms with Gasteiger partial charge in [0.05, 0.1) is 4.92 Å². The Labute approximate surface area is 175 Å². The molecule has 0 bridgehead atoms. The first-order valence-corrected chi connectivity index (χ1v) is 10.1. The Kier molecular flexibility index (Phi) is 7.06. The predicted molar refractivity (Wildman–Crippen MR) is 114 cm³/mol. The van der Waals surface area contributed by atoms with E-state index in [0.717, 1.165) is 43.1 Å². The average Bonchev–Trinajstić information content (AvgIpc) is 2.74. The third kappa shape index (κ3) is 5.46. The summed E-state index contributed by atoms with van der Waals surface area (Å²) in [6.45, 7) is 3.44. The van der Waals surface area contributed by atoms with Gasteiger partial charge in [0.2, 0.25) is 0 Å². The number of halogens is 1. The zero-order valence-corrected chi connectivity index (χ0v) is 17.1. The van der Waals surface area contributed by atoms with E-state index in [9.17, 15) is 14.9 Å². The molecule has 7 nitrogen and oxygen atoms in total. The molecule has 0 atom stereocenters. The fraction of sp³-hybridized carbons (Fsp3) is 0.381. The highest BCUT2D eigenvalue weighted by Gasteiger charge is 2.22. The van der Waals surface area contributed by atoms with Crippen LogP contribution in [0.5, 0.6) is 0 Å². The second-order valence-corrected chi connectivity index (χ2v) is 7.67. The maximum absolute atomic E-state index is 11.7. The molecule has 8 heteroatoms. The first kappa shape index (κ1) is 21.1. The van der Waals surface area contributed by atoms with E-state index in [4.69, 9.17) is 11.6 Å². The molecular weight excluding hydrogens is 392 g/mol. The minimum atomic E-state index is -0.457. The molecule has 3 rings (SSSR count). The third-order valence-corrected chi connectivity index (χ3v) is 5.69. The van der Waals surface area contributed by atoms with Gasteiger partial charge in [-0.05, 0) is 55.6 Å². The predicted octanol–water partition coefficient (Wildman–Crippen LogP) is 3.93. The molecule has 0 aromatic heterocycles. The lowest BCUT2D eigenvalue weighted by molar-refractivity contribution is -0.384. The first-order valence-electron chi connectivity index (χ1n) is 9.68. The van der Waals surface area contributed by atoms with Crippen molar-refractivity contribution in [3.05, 3.63) is 68.7 Å². The molecule has 0 unspecified atom stereocenters. The Hall–Kier alpha value is -2.64. The Morgan fingerprint density at radius 1 is 1.24 bits per heavy atom. The van der Waals surface area contributed by atoms with Gasteiger partial charge in [-0.1, -0.05) is 29.8 Å². The molecule has 1 aliphatic heterocycles. The van der Waals surface area contributed by atoms with Crippen molar-refractivity contribution in [3.63, 3.8) is 0 Å². The van der Waals surface area contributed by atoms with Gasteiger partial charge in [-0.15, -0.1) is 0 Å². The molecule has 2 aromatic rings. The van der Waals surface area contributed by atoms with Gasteiger partial charge >= 0.3 is 0 Å². The Bertz CT molecular complexity index is 882. The molecule has 154 valence electrons. The number of piperidine rings is 1. The van der Waals surface area contributed by atoms with Gasteiger partial charge < -0.3 is 10.6 Å². The number of hydrogen-bond donors (Lipinski definition) is 2. The Morgan fingerprint density at radius 2 is 1.97 bits per heavy atom. The van der Waals surface area contributed by atoms with Gasteiger partial charge in [-0.3, -0.25) is 19.8 Å². The number of benzene rings is 2. The van der Waals surface area contributed by atoms with Crippen molar-refractivity contribution >= 4 is 28.9 Å². The van der Waals surface area contributed by atoms with Crippen molar-refractivity contribution in [1.82, 2.24) is 10.2 Å². The van der Waals surface area contributed by atoms with Gasteiger partial charge in [0.25, 0.3) is 11.6 Å². The highest BCUT2D eigenvalue weighted by molar-refractivity contribution is 6.31. The van der Waals surface area contributed by atoms with Crippen LogP contribution in [-0.2, 0) is 6.54 Å². The van der Waals surface area contributed by atoms with Crippen LogP contribution in [0, 0.1) is 16.0 Å². The molecule has 1 fully saturated rings. The molecule has 2 N–H and O–H groups in total. The van der Waals surface area contributed by atoms with E-state index >= 15 is 0 Å². The van der Waals surface area contributed by atoms with Gasteiger partial charge in [0.1, 0.15) is 5.69 Å². The average molecular weight is 417 g/mol. The molecule has 29 heavy (non-hydrogen) atoms. The fourth-order valence-electron chi connectivity index (χ4n) is 3.59. The lowest BCUT2D eigenvalue weighted by Gasteiger charge is -2.32. The molecule has 0 radical (unpaired) electrons. The molecule has 1 heterocycles. The molecule has 1 aliphatic rings. The van der Waals surface area contributed by atoms with Gasteiger partial charge in [0, 0.05) is 36.8 Å². The first-order chi connectivity index (χ1) is 14.0. The van der Waals surface area contributed by atoms with E-state index in [0.29, 0.717) is 18.2 Å². The van der Waals surface area contributed by atoms with Crippen LogP contribution in [-0.4, -0.2) is 42.4 Å².